The maximum absolute atomic E-state index is 13.7. The van der Waals surface area contributed by atoms with Gasteiger partial charge in [-0.1, -0.05) is 84.9 Å². The van der Waals surface area contributed by atoms with Crippen molar-refractivity contribution >= 4 is 24.1 Å². The quantitative estimate of drug-likeness (QED) is 0.0790. The van der Waals surface area contributed by atoms with E-state index in [1.165, 1.54) is 58.3 Å². The summed E-state index contributed by atoms with van der Waals surface area (Å²) in [5, 5.41) is 0. The summed E-state index contributed by atoms with van der Waals surface area (Å²) >= 11 is 0. The number of carbonyl (C=O) groups excluding carboxylic acids is 4. The van der Waals surface area contributed by atoms with E-state index >= 15 is 0 Å². The maximum atomic E-state index is 13.7. The highest BCUT2D eigenvalue weighted by atomic mass is 19.1. The van der Waals surface area contributed by atoms with Crippen LogP contribution in [0.4, 0.5) is 18.4 Å². The molecule has 10 nitrogen and oxygen atoms in total. The van der Waals surface area contributed by atoms with Crippen LogP contribution in [0.25, 0.3) is 0 Å². The highest BCUT2D eigenvalue weighted by molar-refractivity contribution is 5.93. The third-order valence-electron chi connectivity index (χ3n) is 9.90. The number of ether oxygens (including phenoxy) is 4. The molecule has 1 aliphatic rings. The third-order valence-corrected chi connectivity index (χ3v) is 9.90. The summed E-state index contributed by atoms with van der Waals surface area (Å²) in [4.78, 5) is 56.6. The van der Waals surface area contributed by atoms with Crippen LogP contribution >= 0.6 is 0 Å². The first-order valence-electron chi connectivity index (χ1n) is 19.3. The Hall–Kier alpha value is -7.34. The van der Waals surface area contributed by atoms with Crippen LogP contribution in [0.5, 0.6) is 23.0 Å². The molecule has 2 amide bonds. The van der Waals surface area contributed by atoms with Crippen molar-refractivity contribution in [2.24, 2.45) is 11.8 Å². The van der Waals surface area contributed by atoms with E-state index < -0.39 is 47.6 Å². The fourth-order valence-electron chi connectivity index (χ4n) is 6.52. The first-order chi connectivity index (χ1) is 29.1. The SMILES string of the molecule is O=C(OC(=O)N(Cc1ccc(F)cc1)Cc1ccc(Oc2ccccc2)cc1)C1CCC1C(=O)OC(=O)N(Cc1ccc(F)cc1)Cc1ccc(Oc2ccccc2)cc1. The number of para-hydroxylation sites is 2. The Bertz CT molecular complexity index is 2210. The van der Waals surface area contributed by atoms with Crippen molar-refractivity contribution in [2.45, 2.75) is 39.0 Å². The summed E-state index contributed by atoms with van der Waals surface area (Å²) in [7, 11) is 0. The van der Waals surface area contributed by atoms with E-state index in [0.29, 0.717) is 45.3 Å². The molecule has 0 aromatic heterocycles. The van der Waals surface area contributed by atoms with Crippen LogP contribution in [-0.4, -0.2) is 33.9 Å². The van der Waals surface area contributed by atoms with E-state index in [4.69, 9.17) is 18.9 Å². The van der Waals surface area contributed by atoms with E-state index in [9.17, 15) is 28.0 Å². The lowest BCUT2D eigenvalue weighted by molar-refractivity contribution is -0.161. The normalized spacial score (nSPS) is 14.2. The number of benzene rings is 6. The summed E-state index contributed by atoms with van der Waals surface area (Å²) in [6.07, 6.45) is -1.46. The Balaban J connectivity index is 0.987. The van der Waals surface area contributed by atoms with Gasteiger partial charge in [-0.15, -0.1) is 0 Å². The number of amides is 2. The van der Waals surface area contributed by atoms with Gasteiger partial charge in [0.2, 0.25) is 0 Å². The topological polar surface area (TPSA) is 112 Å². The molecule has 2 atom stereocenters. The van der Waals surface area contributed by atoms with E-state index in [1.807, 2.05) is 60.7 Å². The van der Waals surface area contributed by atoms with E-state index in [-0.39, 0.29) is 39.0 Å². The van der Waals surface area contributed by atoms with Crippen LogP contribution < -0.4 is 9.47 Å². The number of rotatable bonds is 14. The number of nitrogens with zero attached hydrogens (tertiary/aromatic N) is 2. The van der Waals surface area contributed by atoms with Gasteiger partial charge >= 0.3 is 24.1 Å². The lowest BCUT2D eigenvalue weighted by atomic mass is 9.74. The molecule has 0 bridgehead atoms. The first-order valence-corrected chi connectivity index (χ1v) is 19.3. The summed E-state index contributed by atoms with van der Waals surface area (Å²) in [6.45, 7) is 0.0523. The number of halogens is 2. The monoisotopic (exact) mass is 810 g/mol. The van der Waals surface area contributed by atoms with E-state index in [0.717, 1.165) is 0 Å². The predicted molar refractivity (Wildman–Crippen MR) is 216 cm³/mol. The molecule has 2 unspecified atom stereocenters. The van der Waals surface area contributed by atoms with Crippen molar-refractivity contribution in [3.63, 3.8) is 0 Å². The lowest BCUT2D eigenvalue weighted by Crippen LogP contribution is -2.44. The summed E-state index contributed by atoms with van der Waals surface area (Å²) in [5.74, 6) is -2.33. The second-order valence-electron chi connectivity index (χ2n) is 14.2. The summed E-state index contributed by atoms with van der Waals surface area (Å²) < 4.78 is 49.8. The van der Waals surface area contributed by atoms with Crippen molar-refractivity contribution in [1.29, 1.82) is 0 Å². The zero-order valence-corrected chi connectivity index (χ0v) is 32.3. The minimum absolute atomic E-state index is 0.00797. The third kappa shape index (κ3) is 11.2. The number of carbonyl (C=O) groups is 4. The smallest absolute Gasteiger partial charge is 0.418 e. The number of hydrogen-bond acceptors (Lipinski definition) is 8. The van der Waals surface area contributed by atoms with Crippen LogP contribution in [0.15, 0.2) is 158 Å². The van der Waals surface area contributed by atoms with Crippen molar-refractivity contribution in [3.05, 3.63) is 192 Å². The molecule has 0 aliphatic heterocycles. The highest BCUT2D eigenvalue weighted by Gasteiger charge is 2.45. The second-order valence-corrected chi connectivity index (χ2v) is 14.2. The van der Waals surface area contributed by atoms with Gasteiger partial charge in [-0.2, -0.15) is 0 Å². The van der Waals surface area contributed by atoms with Crippen LogP contribution in [0.2, 0.25) is 0 Å². The summed E-state index contributed by atoms with van der Waals surface area (Å²) in [6, 6.07) is 43.8. The minimum Gasteiger partial charge on any atom is -0.457 e. The van der Waals surface area contributed by atoms with Gasteiger partial charge in [-0.05, 0) is 108 Å². The predicted octanol–water partition coefficient (Wildman–Crippen LogP) is 10.6. The fourth-order valence-corrected chi connectivity index (χ4v) is 6.52. The molecular formula is C48H40F2N2O8. The number of hydrogen-bond donors (Lipinski definition) is 0. The van der Waals surface area contributed by atoms with Gasteiger partial charge in [0.05, 0.1) is 11.8 Å². The molecule has 12 heteroatoms. The molecule has 1 saturated carbocycles. The average Bonchev–Trinajstić information content (AvgIpc) is 3.23. The largest absolute Gasteiger partial charge is 0.457 e. The highest BCUT2D eigenvalue weighted by Crippen LogP contribution is 2.37. The molecule has 6 aromatic carbocycles. The van der Waals surface area contributed by atoms with Crippen LogP contribution in [0.3, 0.4) is 0 Å². The van der Waals surface area contributed by atoms with Crippen LogP contribution in [0, 0.1) is 23.5 Å². The van der Waals surface area contributed by atoms with Gasteiger partial charge < -0.3 is 18.9 Å². The standard InChI is InChI=1S/C48H40F2N2O8/c49-37-19-11-33(12-20-37)29-51(31-35-15-23-41(24-16-35)57-39-7-3-1-4-8-39)47(55)59-45(53)43-27-28-44(43)46(54)60-48(56)52(30-34-13-21-38(50)22-14-34)32-36-17-25-42(26-18-36)58-40-9-5-2-6-10-40/h1-26,43-44H,27-32H2. The Labute approximate surface area is 345 Å². The van der Waals surface area contributed by atoms with E-state index in [1.54, 1.807) is 48.5 Å². The Morgan fingerprint density at radius 1 is 0.417 bits per heavy atom. The molecule has 6 aromatic rings. The fraction of sp³-hybridized carbons (Fsp3) is 0.167. The van der Waals surface area contributed by atoms with Gasteiger partial charge in [0, 0.05) is 26.2 Å². The Morgan fingerprint density at radius 3 is 1.00 bits per heavy atom. The molecule has 0 radical (unpaired) electrons. The van der Waals surface area contributed by atoms with E-state index in [2.05, 4.69) is 0 Å². The zero-order valence-electron chi connectivity index (χ0n) is 32.3. The molecular weight excluding hydrogens is 771 g/mol. The first kappa shape index (κ1) is 40.8. The molecule has 7 rings (SSSR count). The molecule has 0 spiro atoms. The van der Waals surface area contributed by atoms with Gasteiger partial charge in [-0.25, -0.2) is 18.4 Å². The molecule has 0 heterocycles. The van der Waals surface area contributed by atoms with Crippen molar-refractivity contribution in [1.82, 2.24) is 9.80 Å². The van der Waals surface area contributed by atoms with Gasteiger partial charge in [0.15, 0.2) is 0 Å². The Morgan fingerprint density at radius 2 is 0.700 bits per heavy atom. The average molecular weight is 811 g/mol. The molecule has 60 heavy (non-hydrogen) atoms. The zero-order chi connectivity index (χ0) is 41.8. The summed E-state index contributed by atoms with van der Waals surface area (Å²) in [5.41, 5.74) is 2.59. The second kappa shape index (κ2) is 19.4. The molecule has 304 valence electrons. The Kier molecular flexibility index (Phi) is 13.2. The van der Waals surface area contributed by atoms with Crippen LogP contribution in [-0.2, 0) is 45.2 Å². The van der Waals surface area contributed by atoms with Gasteiger partial charge in [-0.3, -0.25) is 19.4 Å². The number of esters is 2. The maximum Gasteiger partial charge on any atom is 0.418 e. The molecule has 1 aliphatic carbocycles. The molecule has 0 N–H and O–H groups in total. The van der Waals surface area contributed by atoms with Crippen molar-refractivity contribution in [2.75, 3.05) is 0 Å². The van der Waals surface area contributed by atoms with Crippen molar-refractivity contribution < 1.29 is 46.9 Å². The van der Waals surface area contributed by atoms with Gasteiger partial charge in [0.25, 0.3) is 0 Å². The lowest BCUT2D eigenvalue weighted by Gasteiger charge is -2.33. The van der Waals surface area contributed by atoms with Crippen molar-refractivity contribution in [3.8, 4) is 23.0 Å². The van der Waals surface area contributed by atoms with Crippen LogP contribution in [0.1, 0.15) is 35.1 Å². The van der Waals surface area contributed by atoms with Gasteiger partial charge in [0.1, 0.15) is 34.6 Å². The minimum atomic E-state index is -1.03. The molecule has 0 saturated heterocycles. The molecule has 1 fully saturated rings.